The highest BCUT2D eigenvalue weighted by atomic mass is 16.2. The Kier molecular flexibility index (Phi) is 3.95. The van der Waals surface area contributed by atoms with Crippen molar-refractivity contribution in [2.75, 3.05) is 20.1 Å². The van der Waals surface area contributed by atoms with Crippen molar-refractivity contribution in [1.82, 2.24) is 4.90 Å². The first-order valence-electron chi connectivity index (χ1n) is 6.13. The van der Waals surface area contributed by atoms with E-state index in [2.05, 4.69) is 30.3 Å². The Labute approximate surface area is 107 Å². The highest BCUT2D eigenvalue weighted by molar-refractivity contribution is 5.85. The van der Waals surface area contributed by atoms with Gasteiger partial charge in [-0.15, -0.1) is 0 Å². The predicted octanol–water partition coefficient (Wildman–Crippen LogP) is 1.80. The Bertz CT molecular complexity index is 546. The van der Waals surface area contributed by atoms with Crippen molar-refractivity contribution in [2.24, 2.45) is 5.73 Å². The fourth-order valence-corrected chi connectivity index (χ4v) is 2.08. The van der Waals surface area contributed by atoms with E-state index in [4.69, 9.17) is 5.73 Å². The largest absolute Gasteiger partial charge is 0.344 e. The van der Waals surface area contributed by atoms with Crippen LogP contribution in [0.15, 0.2) is 42.5 Å². The zero-order chi connectivity index (χ0) is 13.0. The molecule has 2 rings (SSSR count). The summed E-state index contributed by atoms with van der Waals surface area (Å²) < 4.78 is 0. The van der Waals surface area contributed by atoms with E-state index in [0.717, 1.165) is 6.42 Å². The highest BCUT2D eigenvalue weighted by Gasteiger charge is 2.07. The van der Waals surface area contributed by atoms with Gasteiger partial charge in [0.15, 0.2) is 0 Å². The van der Waals surface area contributed by atoms with Crippen molar-refractivity contribution in [3.63, 3.8) is 0 Å². The maximum atomic E-state index is 11.4. The molecule has 2 aromatic rings. The molecule has 0 radical (unpaired) electrons. The average molecular weight is 242 g/mol. The van der Waals surface area contributed by atoms with Crippen LogP contribution < -0.4 is 5.73 Å². The lowest BCUT2D eigenvalue weighted by molar-refractivity contribution is -0.128. The second kappa shape index (κ2) is 5.65. The number of rotatable bonds is 4. The fraction of sp³-hybridized carbons (Fsp3) is 0.267. The van der Waals surface area contributed by atoms with Gasteiger partial charge in [0.05, 0.1) is 6.54 Å². The predicted molar refractivity (Wildman–Crippen MR) is 74.3 cm³/mol. The molecule has 0 aliphatic carbocycles. The van der Waals surface area contributed by atoms with Gasteiger partial charge in [-0.05, 0) is 22.8 Å². The number of fused-ring (bicyclic) bond motifs is 1. The van der Waals surface area contributed by atoms with Crippen LogP contribution in [0.5, 0.6) is 0 Å². The lowest BCUT2D eigenvalue weighted by Crippen LogP contribution is -2.34. The maximum Gasteiger partial charge on any atom is 0.236 e. The number of benzene rings is 2. The van der Waals surface area contributed by atoms with Gasteiger partial charge in [-0.3, -0.25) is 4.79 Å². The number of hydrogen-bond donors (Lipinski definition) is 1. The van der Waals surface area contributed by atoms with E-state index in [9.17, 15) is 4.79 Å². The van der Waals surface area contributed by atoms with E-state index >= 15 is 0 Å². The van der Waals surface area contributed by atoms with E-state index in [0.29, 0.717) is 6.54 Å². The van der Waals surface area contributed by atoms with Gasteiger partial charge in [0.2, 0.25) is 5.91 Å². The van der Waals surface area contributed by atoms with Gasteiger partial charge in [-0.2, -0.15) is 0 Å². The summed E-state index contributed by atoms with van der Waals surface area (Å²) in [5.74, 6) is -0.0183. The zero-order valence-electron chi connectivity index (χ0n) is 10.6. The molecule has 0 bridgehead atoms. The van der Waals surface area contributed by atoms with Crippen LogP contribution in [0.2, 0.25) is 0 Å². The summed E-state index contributed by atoms with van der Waals surface area (Å²) >= 11 is 0. The van der Waals surface area contributed by atoms with Gasteiger partial charge < -0.3 is 10.6 Å². The van der Waals surface area contributed by atoms with Gasteiger partial charge in [0.1, 0.15) is 0 Å². The van der Waals surface area contributed by atoms with Crippen LogP contribution in [0.4, 0.5) is 0 Å². The van der Waals surface area contributed by atoms with Crippen molar-refractivity contribution in [3.05, 3.63) is 48.0 Å². The first kappa shape index (κ1) is 12.6. The Morgan fingerprint density at radius 1 is 1.17 bits per heavy atom. The zero-order valence-corrected chi connectivity index (χ0v) is 10.6. The van der Waals surface area contributed by atoms with Crippen LogP contribution in [0.25, 0.3) is 10.8 Å². The van der Waals surface area contributed by atoms with E-state index in [1.54, 1.807) is 11.9 Å². The second-order valence-corrected chi connectivity index (χ2v) is 4.41. The average Bonchev–Trinajstić information content (AvgIpc) is 2.43. The molecule has 0 saturated heterocycles. The standard InChI is InChI=1S/C15H18N2O/c1-17(15(18)11-16)10-9-13-7-4-6-12-5-2-3-8-14(12)13/h2-8H,9-11,16H2,1H3. The van der Waals surface area contributed by atoms with E-state index in [1.807, 2.05) is 12.1 Å². The summed E-state index contributed by atoms with van der Waals surface area (Å²) in [5, 5.41) is 2.50. The van der Waals surface area contributed by atoms with Crippen LogP contribution >= 0.6 is 0 Å². The molecule has 94 valence electrons. The quantitative estimate of drug-likeness (QED) is 0.888. The summed E-state index contributed by atoms with van der Waals surface area (Å²) in [5.41, 5.74) is 6.61. The minimum absolute atomic E-state index is 0.0183. The lowest BCUT2D eigenvalue weighted by Gasteiger charge is -2.16. The number of nitrogens with two attached hydrogens (primary N) is 1. The van der Waals surface area contributed by atoms with Gasteiger partial charge in [-0.1, -0.05) is 42.5 Å². The van der Waals surface area contributed by atoms with Crippen molar-refractivity contribution in [3.8, 4) is 0 Å². The smallest absolute Gasteiger partial charge is 0.236 e. The van der Waals surface area contributed by atoms with Crippen molar-refractivity contribution in [2.45, 2.75) is 6.42 Å². The van der Waals surface area contributed by atoms with E-state index in [-0.39, 0.29) is 12.5 Å². The Hall–Kier alpha value is -1.87. The van der Waals surface area contributed by atoms with Gasteiger partial charge in [0, 0.05) is 13.6 Å². The van der Waals surface area contributed by atoms with Crippen molar-refractivity contribution >= 4 is 16.7 Å². The van der Waals surface area contributed by atoms with Crippen LogP contribution in [0.1, 0.15) is 5.56 Å². The summed E-state index contributed by atoms with van der Waals surface area (Å²) in [7, 11) is 1.79. The second-order valence-electron chi connectivity index (χ2n) is 4.41. The first-order chi connectivity index (χ1) is 8.72. The molecule has 2 N–H and O–H groups in total. The molecule has 0 atom stereocenters. The number of likely N-dealkylation sites (N-methyl/N-ethyl adjacent to an activating group) is 1. The molecular formula is C15H18N2O. The molecule has 0 fully saturated rings. The van der Waals surface area contributed by atoms with Gasteiger partial charge in [-0.25, -0.2) is 0 Å². The van der Waals surface area contributed by atoms with Crippen LogP contribution in [0, 0.1) is 0 Å². The highest BCUT2D eigenvalue weighted by Crippen LogP contribution is 2.18. The molecule has 0 heterocycles. The third-order valence-electron chi connectivity index (χ3n) is 3.20. The summed E-state index contributed by atoms with van der Waals surface area (Å²) in [6, 6.07) is 14.6. The molecule has 0 aromatic heterocycles. The van der Waals surface area contributed by atoms with Crippen LogP contribution in [-0.4, -0.2) is 30.9 Å². The molecule has 0 aliphatic rings. The Morgan fingerprint density at radius 3 is 2.67 bits per heavy atom. The van der Waals surface area contributed by atoms with E-state index < -0.39 is 0 Å². The molecule has 0 unspecified atom stereocenters. The Balaban J connectivity index is 2.15. The van der Waals surface area contributed by atoms with Crippen LogP contribution in [0.3, 0.4) is 0 Å². The van der Waals surface area contributed by atoms with Crippen molar-refractivity contribution < 1.29 is 4.79 Å². The minimum Gasteiger partial charge on any atom is -0.344 e. The topological polar surface area (TPSA) is 46.3 Å². The molecule has 0 saturated carbocycles. The van der Waals surface area contributed by atoms with Crippen molar-refractivity contribution in [1.29, 1.82) is 0 Å². The Morgan fingerprint density at radius 2 is 1.89 bits per heavy atom. The normalized spacial score (nSPS) is 10.6. The number of amides is 1. The minimum atomic E-state index is -0.0183. The molecule has 2 aromatic carbocycles. The monoisotopic (exact) mass is 242 g/mol. The fourth-order valence-electron chi connectivity index (χ4n) is 2.08. The first-order valence-corrected chi connectivity index (χ1v) is 6.13. The number of carbonyl (C=O) groups excluding carboxylic acids is 1. The van der Waals surface area contributed by atoms with Gasteiger partial charge in [0.25, 0.3) is 0 Å². The number of nitrogens with zero attached hydrogens (tertiary/aromatic N) is 1. The molecule has 3 nitrogen and oxygen atoms in total. The third-order valence-corrected chi connectivity index (χ3v) is 3.20. The number of carbonyl (C=O) groups is 1. The maximum absolute atomic E-state index is 11.4. The molecule has 0 spiro atoms. The summed E-state index contributed by atoms with van der Waals surface area (Å²) in [6.07, 6.45) is 0.851. The number of hydrogen-bond acceptors (Lipinski definition) is 2. The summed E-state index contributed by atoms with van der Waals surface area (Å²) in [6.45, 7) is 0.774. The van der Waals surface area contributed by atoms with E-state index in [1.165, 1.54) is 16.3 Å². The lowest BCUT2D eigenvalue weighted by atomic mass is 10.0. The SMILES string of the molecule is CN(CCc1cccc2ccccc12)C(=O)CN. The molecule has 18 heavy (non-hydrogen) atoms. The van der Waals surface area contributed by atoms with Crippen LogP contribution in [-0.2, 0) is 11.2 Å². The molecule has 0 aliphatic heterocycles. The van der Waals surface area contributed by atoms with Gasteiger partial charge >= 0.3 is 0 Å². The third kappa shape index (κ3) is 2.68. The molecular weight excluding hydrogens is 224 g/mol. The molecule has 1 amide bonds. The molecule has 3 heteroatoms. The summed E-state index contributed by atoms with van der Waals surface area (Å²) in [4.78, 5) is 13.1.